The molecule has 114 valence electrons. The zero-order valence-electron chi connectivity index (χ0n) is 13.5. The molecule has 0 spiro atoms. The highest BCUT2D eigenvalue weighted by Gasteiger charge is 2.16. The highest BCUT2D eigenvalue weighted by Crippen LogP contribution is 2.26. The van der Waals surface area contributed by atoms with Crippen molar-refractivity contribution in [1.82, 2.24) is 4.98 Å². The van der Waals surface area contributed by atoms with Crippen LogP contribution in [0.25, 0.3) is 22.3 Å². The van der Waals surface area contributed by atoms with Crippen molar-refractivity contribution in [2.75, 3.05) is 0 Å². The lowest BCUT2D eigenvalue weighted by Gasteiger charge is -2.19. The monoisotopic (exact) mass is 404 g/mol. The van der Waals surface area contributed by atoms with Crippen molar-refractivity contribution >= 4 is 11.0 Å². The van der Waals surface area contributed by atoms with Gasteiger partial charge in [-0.2, -0.15) is 4.57 Å². The number of para-hydroxylation sites is 2. The van der Waals surface area contributed by atoms with Crippen LogP contribution >= 0.6 is 0 Å². The van der Waals surface area contributed by atoms with Crippen LogP contribution in [0.3, 0.4) is 0 Å². The van der Waals surface area contributed by atoms with E-state index < -0.39 is 0 Å². The van der Waals surface area contributed by atoms with Gasteiger partial charge in [-0.15, -0.1) is 0 Å². The van der Waals surface area contributed by atoms with Gasteiger partial charge in [0.25, 0.3) is 0 Å². The van der Waals surface area contributed by atoms with E-state index in [4.69, 9.17) is 4.98 Å². The van der Waals surface area contributed by atoms with Crippen molar-refractivity contribution in [2.24, 2.45) is 7.05 Å². The van der Waals surface area contributed by atoms with Crippen LogP contribution in [0.4, 0.5) is 0 Å². The van der Waals surface area contributed by atoms with Gasteiger partial charge in [0.1, 0.15) is 18.3 Å². The molecule has 3 rings (SSSR count). The van der Waals surface area contributed by atoms with Crippen LogP contribution in [0.1, 0.15) is 26.3 Å². The standard InChI is InChI=1S/C19H21N2.HI/c1-19(2,3)15-9-7-8-14(12-15)17-13-21(4)18-11-6-5-10-16(18)20-17;/h5-13H,1-4H3;1H/q+1;/p-1. The largest absolute Gasteiger partial charge is 1.00 e. The Labute approximate surface area is 149 Å². The lowest BCUT2D eigenvalue weighted by Crippen LogP contribution is -3.00. The maximum atomic E-state index is 4.81. The molecule has 3 heteroatoms. The van der Waals surface area contributed by atoms with E-state index in [1.165, 1.54) is 11.1 Å². The summed E-state index contributed by atoms with van der Waals surface area (Å²) in [6.07, 6.45) is 2.10. The zero-order valence-corrected chi connectivity index (χ0v) is 15.6. The minimum atomic E-state index is 0. The molecule has 2 nitrogen and oxygen atoms in total. The molecule has 0 bridgehead atoms. The van der Waals surface area contributed by atoms with E-state index in [1.807, 2.05) is 12.1 Å². The molecule has 3 aromatic rings. The van der Waals surface area contributed by atoms with Gasteiger partial charge < -0.3 is 24.0 Å². The van der Waals surface area contributed by atoms with Crippen molar-refractivity contribution in [3.8, 4) is 11.3 Å². The first-order valence-corrected chi connectivity index (χ1v) is 7.31. The number of aryl methyl sites for hydroxylation is 1. The fourth-order valence-corrected chi connectivity index (χ4v) is 2.55. The number of benzene rings is 2. The molecular formula is C19H21IN2. The fourth-order valence-electron chi connectivity index (χ4n) is 2.55. The van der Waals surface area contributed by atoms with E-state index in [0.717, 1.165) is 16.7 Å². The Balaban J connectivity index is 0.00000176. The lowest BCUT2D eigenvalue weighted by atomic mass is 9.86. The first kappa shape index (κ1) is 16.9. The van der Waals surface area contributed by atoms with Crippen molar-refractivity contribution in [1.29, 1.82) is 0 Å². The molecule has 0 fully saturated rings. The van der Waals surface area contributed by atoms with Crippen LogP contribution in [0.2, 0.25) is 0 Å². The van der Waals surface area contributed by atoms with E-state index in [9.17, 15) is 0 Å². The van der Waals surface area contributed by atoms with Crippen molar-refractivity contribution in [3.05, 3.63) is 60.3 Å². The molecule has 22 heavy (non-hydrogen) atoms. The molecule has 0 N–H and O–H groups in total. The molecular weight excluding hydrogens is 383 g/mol. The summed E-state index contributed by atoms with van der Waals surface area (Å²) < 4.78 is 2.14. The van der Waals surface area contributed by atoms with Gasteiger partial charge in [0, 0.05) is 11.6 Å². The molecule has 0 saturated carbocycles. The smallest absolute Gasteiger partial charge is 0.230 e. The molecule has 0 amide bonds. The molecule has 0 aliphatic heterocycles. The molecule has 0 radical (unpaired) electrons. The second-order valence-electron chi connectivity index (χ2n) is 6.56. The van der Waals surface area contributed by atoms with Gasteiger partial charge in [-0.1, -0.05) is 51.1 Å². The zero-order chi connectivity index (χ0) is 15.0. The summed E-state index contributed by atoms with van der Waals surface area (Å²) in [6, 6.07) is 16.9. The number of nitrogens with zero attached hydrogens (tertiary/aromatic N) is 2. The van der Waals surface area contributed by atoms with E-state index in [-0.39, 0.29) is 29.4 Å². The second-order valence-corrected chi connectivity index (χ2v) is 6.56. The third-order valence-corrected chi connectivity index (χ3v) is 3.84. The maximum absolute atomic E-state index is 4.81. The SMILES string of the molecule is C[n+]1cc(-c2cccc(C(C)(C)C)c2)nc2ccccc21.[I-]. The van der Waals surface area contributed by atoms with Gasteiger partial charge in [-0.25, -0.2) is 4.98 Å². The van der Waals surface area contributed by atoms with Gasteiger partial charge in [-0.05, 0) is 23.1 Å². The Bertz CT molecular complexity index is 804. The lowest BCUT2D eigenvalue weighted by molar-refractivity contribution is -0.644. The Kier molecular flexibility index (Phi) is 4.85. The van der Waals surface area contributed by atoms with Gasteiger partial charge in [0.15, 0.2) is 6.20 Å². The number of hydrogen-bond acceptors (Lipinski definition) is 1. The van der Waals surface area contributed by atoms with Crippen molar-refractivity contribution < 1.29 is 28.5 Å². The van der Waals surface area contributed by atoms with Gasteiger partial charge in [-0.3, -0.25) is 0 Å². The summed E-state index contributed by atoms with van der Waals surface area (Å²) in [7, 11) is 2.07. The van der Waals surface area contributed by atoms with Crippen LogP contribution in [0.5, 0.6) is 0 Å². The predicted octanol–water partition coefficient (Wildman–Crippen LogP) is 1.03. The summed E-state index contributed by atoms with van der Waals surface area (Å²) in [5.41, 5.74) is 5.84. The van der Waals surface area contributed by atoms with Crippen molar-refractivity contribution in [2.45, 2.75) is 26.2 Å². The van der Waals surface area contributed by atoms with E-state index in [2.05, 4.69) is 75.0 Å². The third kappa shape index (κ3) is 3.29. The molecule has 1 aromatic heterocycles. The summed E-state index contributed by atoms with van der Waals surface area (Å²) in [6.45, 7) is 6.71. The maximum Gasteiger partial charge on any atom is 0.230 e. The molecule has 0 aliphatic carbocycles. The van der Waals surface area contributed by atoms with Crippen molar-refractivity contribution in [3.63, 3.8) is 0 Å². The molecule has 0 unspecified atom stereocenters. The Morgan fingerprint density at radius 2 is 1.68 bits per heavy atom. The molecule has 0 atom stereocenters. The Hall–Kier alpha value is -1.49. The Morgan fingerprint density at radius 3 is 2.41 bits per heavy atom. The molecule has 1 heterocycles. The van der Waals surface area contributed by atoms with Crippen LogP contribution in [-0.4, -0.2) is 4.98 Å². The third-order valence-electron chi connectivity index (χ3n) is 3.84. The summed E-state index contributed by atoms with van der Waals surface area (Å²) in [5.74, 6) is 0. The van der Waals surface area contributed by atoms with E-state index >= 15 is 0 Å². The highest BCUT2D eigenvalue weighted by atomic mass is 127. The average Bonchev–Trinajstić information content (AvgIpc) is 2.46. The first-order valence-electron chi connectivity index (χ1n) is 7.31. The normalized spacial score (nSPS) is 11.3. The topological polar surface area (TPSA) is 16.8 Å². The van der Waals surface area contributed by atoms with Crippen LogP contribution in [0.15, 0.2) is 54.7 Å². The second kappa shape index (κ2) is 6.32. The first-order chi connectivity index (χ1) is 9.95. The number of rotatable bonds is 1. The minimum absolute atomic E-state index is 0. The minimum Gasteiger partial charge on any atom is -1.00 e. The molecule has 0 saturated heterocycles. The summed E-state index contributed by atoms with van der Waals surface area (Å²) >= 11 is 0. The highest BCUT2D eigenvalue weighted by molar-refractivity contribution is 5.73. The summed E-state index contributed by atoms with van der Waals surface area (Å²) in [4.78, 5) is 4.81. The number of aromatic nitrogens is 2. The predicted molar refractivity (Wildman–Crippen MR) is 87.1 cm³/mol. The summed E-state index contributed by atoms with van der Waals surface area (Å²) in [5, 5.41) is 0. The average molecular weight is 404 g/mol. The number of hydrogen-bond donors (Lipinski definition) is 0. The quantitative estimate of drug-likeness (QED) is 0.438. The van der Waals surface area contributed by atoms with Gasteiger partial charge >= 0.3 is 0 Å². The fraction of sp³-hybridized carbons (Fsp3) is 0.263. The number of halogens is 1. The van der Waals surface area contributed by atoms with Crippen LogP contribution in [-0.2, 0) is 12.5 Å². The number of fused-ring (bicyclic) bond motifs is 1. The Morgan fingerprint density at radius 1 is 0.955 bits per heavy atom. The van der Waals surface area contributed by atoms with E-state index in [0.29, 0.717) is 0 Å². The molecule has 2 aromatic carbocycles. The van der Waals surface area contributed by atoms with Gasteiger partial charge in [0.05, 0.1) is 0 Å². The van der Waals surface area contributed by atoms with Crippen LogP contribution < -0.4 is 28.5 Å². The molecule has 0 aliphatic rings. The van der Waals surface area contributed by atoms with Gasteiger partial charge in [0.2, 0.25) is 5.52 Å². The van der Waals surface area contributed by atoms with Crippen LogP contribution in [0, 0.1) is 0 Å². The van der Waals surface area contributed by atoms with E-state index in [1.54, 1.807) is 0 Å².